The molecule has 1 fully saturated rings. The maximum Gasteiger partial charge on any atom is 0.251 e. The number of rotatable bonds is 3. The largest absolute Gasteiger partial charge is 0.329 e. The SMILES string of the molecule is NCC1CCCCN1CC(F)F. The number of nitrogens with zero attached hydrogens (tertiary/aromatic N) is 1. The van der Waals surface area contributed by atoms with Crippen molar-refractivity contribution in [3.05, 3.63) is 0 Å². The van der Waals surface area contributed by atoms with Gasteiger partial charge in [-0.3, -0.25) is 4.90 Å². The second kappa shape index (κ2) is 4.72. The molecule has 0 aliphatic carbocycles. The Bertz CT molecular complexity index is 130. The maximum atomic E-state index is 12.0. The highest BCUT2D eigenvalue weighted by molar-refractivity contribution is 4.77. The van der Waals surface area contributed by atoms with E-state index in [1.807, 2.05) is 4.90 Å². The molecule has 0 saturated carbocycles. The summed E-state index contributed by atoms with van der Waals surface area (Å²) >= 11 is 0. The first-order valence-corrected chi connectivity index (χ1v) is 4.46. The fourth-order valence-corrected chi connectivity index (χ4v) is 1.74. The molecule has 0 aromatic rings. The molecule has 12 heavy (non-hydrogen) atoms. The number of halogens is 2. The van der Waals surface area contributed by atoms with Crippen molar-refractivity contribution in [2.75, 3.05) is 19.6 Å². The maximum absolute atomic E-state index is 12.0. The van der Waals surface area contributed by atoms with Crippen LogP contribution in [0.15, 0.2) is 0 Å². The average Bonchev–Trinajstić information content (AvgIpc) is 2.04. The predicted molar refractivity (Wildman–Crippen MR) is 44.3 cm³/mol. The average molecular weight is 178 g/mol. The number of piperidine rings is 1. The number of likely N-dealkylation sites (tertiary alicyclic amines) is 1. The van der Waals surface area contributed by atoms with Gasteiger partial charge in [-0.25, -0.2) is 8.78 Å². The van der Waals surface area contributed by atoms with Gasteiger partial charge < -0.3 is 5.73 Å². The van der Waals surface area contributed by atoms with Crippen LogP contribution in [0.2, 0.25) is 0 Å². The number of nitrogens with two attached hydrogens (primary N) is 1. The van der Waals surface area contributed by atoms with Crippen molar-refractivity contribution < 1.29 is 8.78 Å². The van der Waals surface area contributed by atoms with Crippen molar-refractivity contribution in [3.8, 4) is 0 Å². The van der Waals surface area contributed by atoms with Crippen LogP contribution >= 0.6 is 0 Å². The lowest BCUT2D eigenvalue weighted by atomic mass is 10.0. The van der Waals surface area contributed by atoms with Crippen LogP contribution in [0.25, 0.3) is 0 Å². The van der Waals surface area contributed by atoms with Crippen LogP contribution in [-0.4, -0.2) is 37.0 Å². The Labute approximate surface area is 71.7 Å². The molecule has 0 amide bonds. The van der Waals surface area contributed by atoms with Gasteiger partial charge in [-0.2, -0.15) is 0 Å². The lowest BCUT2D eigenvalue weighted by molar-refractivity contribution is 0.0518. The standard InChI is InChI=1S/C8H16F2N2/c9-8(10)6-12-4-2-1-3-7(12)5-11/h7-8H,1-6,11H2. The fraction of sp³-hybridized carbons (Fsp3) is 1.00. The van der Waals surface area contributed by atoms with E-state index < -0.39 is 6.43 Å². The molecule has 2 nitrogen and oxygen atoms in total. The Hall–Kier alpha value is -0.220. The van der Waals surface area contributed by atoms with Gasteiger partial charge >= 0.3 is 0 Å². The predicted octanol–water partition coefficient (Wildman–Crippen LogP) is 1.06. The molecular formula is C8H16F2N2. The fourth-order valence-electron chi connectivity index (χ4n) is 1.74. The van der Waals surface area contributed by atoms with Crippen molar-refractivity contribution in [2.45, 2.75) is 31.7 Å². The zero-order chi connectivity index (χ0) is 8.97. The van der Waals surface area contributed by atoms with Gasteiger partial charge in [0.2, 0.25) is 0 Å². The van der Waals surface area contributed by atoms with Crippen LogP contribution in [0.5, 0.6) is 0 Å². The van der Waals surface area contributed by atoms with Gasteiger partial charge in [0.05, 0.1) is 6.54 Å². The minimum atomic E-state index is -2.22. The van der Waals surface area contributed by atoms with Crippen molar-refractivity contribution >= 4 is 0 Å². The normalized spacial score (nSPS) is 26.5. The summed E-state index contributed by atoms with van der Waals surface area (Å²) in [6.45, 7) is 1.18. The summed E-state index contributed by atoms with van der Waals surface area (Å²) in [5.41, 5.74) is 5.48. The van der Waals surface area contributed by atoms with Gasteiger partial charge in [0.15, 0.2) is 0 Å². The molecule has 0 aromatic carbocycles. The van der Waals surface area contributed by atoms with Gasteiger partial charge in [0.1, 0.15) is 0 Å². The number of hydrogen-bond donors (Lipinski definition) is 1. The van der Waals surface area contributed by atoms with Gasteiger partial charge in [0, 0.05) is 12.6 Å². The van der Waals surface area contributed by atoms with E-state index in [4.69, 9.17) is 5.73 Å². The van der Waals surface area contributed by atoms with E-state index in [1.165, 1.54) is 0 Å². The van der Waals surface area contributed by atoms with Crippen LogP contribution in [0.4, 0.5) is 8.78 Å². The van der Waals surface area contributed by atoms with E-state index in [9.17, 15) is 8.78 Å². The molecule has 4 heteroatoms. The monoisotopic (exact) mass is 178 g/mol. The third kappa shape index (κ3) is 2.68. The number of hydrogen-bond acceptors (Lipinski definition) is 2. The Kier molecular flexibility index (Phi) is 3.88. The first-order valence-electron chi connectivity index (χ1n) is 4.46. The molecule has 0 spiro atoms. The molecule has 0 radical (unpaired) electrons. The van der Waals surface area contributed by atoms with Crippen molar-refractivity contribution in [2.24, 2.45) is 5.73 Å². The Morgan fingerprint density at radius 3 is 2.75 bits per heavy atom. The first kappa shape index (κ1) is 9.86. The van der Waals surface area contributed by atoms with E-state index in [1.54, 1.807) is 0 Å². The van der Waals surface area contributed by atoms with Crippen molar-refractivity contribution in [3.63, 3.8) is 0 Å². The quantitative estimate of drug-likeness (QED) is 0.700. The van der Waals surface area contributed by atoms with E-state index >= 15 is 0 Å². The van der Waals surface area contributed by atoms with Crippen LogP contribution in [0, 0.1) is 0 Å². The summed E-state index contributed by atoms with van der Waals surface area (Å²) in [6.07, 6.45) is 0.908. The molecule has 0 bridgehead atoms. The molecule has 1 unspecified atom stereocenters. The zero-order valence-corrected chi connectivity index (χ0v) is 7.18. The van der Waals surface area contributed by atoms with E-state index in [2.05, 4.69) is 0 Å². The molecule has 1 heterocycles. The smallest absolute Gasteiger partial charge is 0.251 e. The molecule has 1 rings (SSSR count). The van der Waals surface area contributed by atoms with E-state index in [0.29, 0.717) is 6.54 Å². The summed E-state index contributed by atoms with van der Waals surface area (Å²) in [6, 6.07) is 0.188. The minimum Gasteiger partial charge on any atom is -0.329 e. The third-order valence-corrected chi connectivity index (χ3v) is 2.39. The minimum absolute atomic E-state index is 0.109. The van der Waals surface area contributed by atoms with E-state index in [-0.39, 0.29) is 12.6 Å². The highest BCUT2D eigenvalue weighted by atomic mass is 19.3. The summed E-state index contributed by atoms with van der Waals surface area (Å²) in [5.74, 6) is 0. The van der Waals surface area contributed by atoms with Gasteiger partial charge in [-0.1, -0.05) is 6.42 Å². The highest BCUT2D eigenvalue weighted by Crippen LogP contribution is 2.16. The van der Waals surface area contributed by atoms with Gasteiger partial charge in [-0.05, 0) is 19.4 Å². The van der Waals surface area contributed by atoms with Crippen LogP contribution in [-0.2, 0) is 0 Å². The molecule has 1 aliphatic heterocycles. The molecular weight excluding hydrogens is 162 g/mol. The van der Waals surface area contributed by atoms with Crippen LogP contribution in [0.1, 0.15) is 19.3 Å². The molecule has 1 atom stereocenters. The molecule has 0 aromatic heterocycles. The molecule has 72 valence electrons. The lowest BCUT2D eigenvalue weighted by Crippen LogP contribution is -2.46. The Morgan fingerprint density at radius 1 is 1.42 bits per heavy atom. The van der Waals surface area contributed by atoms with Gasteiger partial charge in [-0.15, -0.1) is 0 Å². The zero-order valence-electron chi connectivity index (χ0n) is 7.18. The Morgan fingerprint density at radius 2 is 2.17 bits per heavy atom. The topological polar surface area (TPSA) is 29.3 Å². The summed E-state index contributed by atoms with van der Waals surface area (Å²) in [5, 5.41) is 0. The second-order valence-electron chi connectivity index (χ2n) is 3.27. The van der Waals surface area contributed by atoms with Crippen molar-refractivity contribution in [1.82, 2.24) is 4.90 Å². The molecule has 2 N–H and O–H groups in total. The molecule has 1 saturated heterocycles. The third-order valence-electron chi connectivity index (χ3n) is 2.39. The molecule has 1 aliphatic rings. The van der Waals surface area contributed by atoms with Gasteiger partial charge in [0.25, 0.3) is 6.43 Å². The van der Waals surface area contributed by atoms with E-state index in [0.717, 1.165) is 25.8 Å². The highest BCUT2D eigenvalue weighted by Gasteiger charge is 2.23. The van der Waals surface area contributed by atoms with Crippen LogP contribution in [0.3, 0.4) is 0 Å². The lowest BCUT2D eigenvalue weighted by Gasteiger charge is -2.34. The van der Waals surface area contributed by atoms with Crippen molar-refractivity contribution in [1.29, 1.82) is 0 Å². The summed E-state index contributed by atoms with van der Waals surface area (Å²) < 4.78 is 24.1. The number of alkyl halides is 2. The Balaban J connectivity index is 2.36. The summed E-state index contributed by atoms with van der Waals surface area (Å²) in [7, 11) is 0. The van der Waals surface area contributed by atoms with Crippen LogP contribution < -0.4 is 5.73 Å². The summed E-state index contributed by atoms with van der Waals surface area (Å²) in [4.78, 5) is 1.81. The first-order chi connectivity index (χ1) is 5.74. The second-order valence-corrected chi connectivity index (χ2v) is 3.27.